The van der Waals surface area contributed by atoms with E-state index in [9.17, 15) is 5.11 Å². The van der Waals surface area contributed by atoms with Crippen molar-refractivity contribution >= 4 is 0 Å². The Bertz CT molecular complexity index is 783. The molecule has 0 fully saturated rings. The molecular weight excluding hydrogens is 270 g/mol. The molecule has 0 saturated heterocycles. The highest BCUT2D eigenvalue weighted by Crippen LogP contribution is 2.31. The van der Waals surface area contributed by atoms with E-state index in [1.807, 2.05) is 25.1 Å². The summed E-state index contributed by atoms with van der Waals surface area (Å²) in [6, 6.07) is 10.5. The maximum absolute atomic E-state index is 9.79. The lowest BCUT2D eigenvalue weighted by Gasteiger charge is -2.03. The maximum Gasteiger partial charge on any atom is 0.258 e. The molecule has 0 amide bonds. The predicted octanol–water partition coefficient (Wildman–Crippen LogP) is 2.82. The van der Waals surface area contributed by atoms with E-state index in [1.54, 1.807) is 12.1 Å². The Balaban J connectivity index is 1.96. The minimum atomic E-state index is 0.0171. The zero-order valence-electron chi connectivity index (χ0n) is 11.6. The first kappa shape index (κ1) is 13.1. The summed E-state index contributed by atoms with van der Waals surface area (Å²) in [6.07, 6.45) is 0. The Hall–Kier alpha value is -2.89. The van der Waals surface area contributed by atoms with Crippen molar-refractivity contribution in [1.82, 2.24) is 15.1 Å². The fourth-order valence-electron chi connectivity index (χ4n) is 1.94. The summed E-state index contributed by atoms with van der Waals surface area (Å²) in [5.74, 6) is 1.12. The number of methoxy groups -OCH3 is 1. The molecule has 21 heavy (non-hydrogen) atoms. The van der Waals surface area contributed by atoms with Gasteiger partial charge in [0.05, 0.1) is 7.11 Å². The third kappa shape index (κ3) is 2.55. The van der Waals surface area contributed by atoms with Crippen molar-refractivity contribution in [1.29, 1.82) is 0 Å². The SMILES string of the molecule is COc1ccc(-c2nc(-c3cccc(C)n3)no2)cc1O. The van der Waals surface area contributed by atoms with Crippen LogP contribution in [0.5, 0.6) is 11.5 Å². The van der Waals surface area contributed by atoms with Crippen LogP contribution in [0.3, 0.4) is 0 Å². The van der Waals surface area contributed by atoms with Crippen molar-refractivity contribution < 1.29 is 14.4 Å². The Morgan fingerprint density at radius 3 is 2.71 bits per heavy atom. The fourth-order valence-corrected chi connectivity index (χ4v) is 1.94. The van der Waals surface area contributed by atoms with Gasteiger partial charge < -0.3 is 14.4 Å². The van der Waals surface area contributed by atoms with Crippen LogP contribution in [0.15, 0.2) is 40.9 Å². The van der Waals surface area contributed by atoms with Crippen LogP contribution in [0.1, 0.15) is 5.69 Å². The van der Waals surface area contributed by atoms with Gasteiger partial charge in [0.15, 0.2) is 11.5 Å². The van der Waals surface area contributed by atoms with Crippen molar-refractivity contribution in [2.75, 3.05) is 7.11 Å². The number of pyridine rings is 1. The second kappa shape index (κ2) is 5.24. The first-order valence-electron chi connectivity index (χ1n) is 6.32. The number of aromatic nitrogens is 3. The first-order chi connectivity index (χ1) is 10.2. The van der Waals surface area contributed by atoms with Gasteiger partial charge in [-0.3, -0.25) is 0 Å². The largest absolute Gasteiger partial charge is 0.504 e. The van der Waals surface area contributed by atoms with Crippen LogP contribution in [0.4, 0.5) is 0 Å². The molecule has 3 aromatic rings. The molecule has 0 radical (unpaired) electrons. The van der Waals surface area contributed by atoms with Crippen LogP contribution in [-0.4, -0.2) is 27.3 Å². The highest BCUT2D eigenvalue weighted by Gasteiger charge is 2.13. The Kier molecular flexibility index (Phi) is 3.27. The van der Waals surface area contributed by atoms with E-state index in [4.69, 9.17) is 9.26 Å². The zero-order chi connectivity index (χ0) is 14.8. The van der Waals surface area contributed by atoms with Crippen molar-refractivity contribution in [3.63, 3.8) is 0 Å². The molecule has 0 aliphatic rings. The molecule has 0 unspecified atom stereocenters. The summed E-state index contributed by atoms with van der Waals surface area (Å²) < 4.78 is 10.2. The molecule has 106 valence electrons. The lowest BCUT2D eigenvalue weighted by molar-refractivity contribution is 0.373. The number of ether oxygens (including phenoxy) is 1. The summed E-state index contributed by atoms with van der Waals surface area (Å²) in [7, 11) is 1.49. The molecule has 0 aliphatic heterocycles. The van der Waals surface area contributed by atoms with Gasteiger partial charge in [-0.25, -0.2) is 4.98 Å². The first-order valence-corrected chi connectivity index (χ1v) is 6.32. The molecular formula is C15H13N3O3. The van der Waals surface area contributed by atoms with Crippen LogP contribution in [0, 0.1) is 6.92 Å². The second-order valence-corrected chi connectivity index (χ2v) is 4.47. The van der Waals surface area contributed by atoms with E-state index in [-0.39, 0.29) is 5.75 Å². The summed E-state index contributed by atoms with van der Waals surface area (Å²) in [6.45, 7) is 1.89. The molecule has 3 rings (SSSR count). The number of aromatic hydroxyl groups is 1. The minimum Gasteiger partial charge on any atom is -0.504 e. The van der Waals surface area contributed by atoms with E-state index >= 15 is 0 Å². The van der Waals surface area contributed by atoms with Crippen molar-refractivity contribution in [2.45, 2.75) is 6.92 Å². The van der Waals surface area contributed by atoms with Gasteiger partial charge in [0, 0.05) is 11.3 Å². The predicted molar refractivity (Wildman–Crippen MR) is 75.9 cm³/mol. The molecule has 0 spiro atoms. The van der Waals surface area contributed by atoms with Crippen LogP contribution in [0.2, 0.25) is 0 Å². The van der Waals surface area contributed by atoms with E-state index in [0.717, 1.165) is 5.69 Å². The molecule has 0 saturated carbocycles. The third-order valence-corrected chi connectivity index (χ3v) is 2.97. The number of nitrogens with zero attached hydrogens (tertiary/aromatic N) is 3. The van der Waals surface area contributed by atoms with E-state index in [1.165, 1.54) is 13.2 Å². The van der Waals surface area contributed by atoms with E-state index in [0.29, 0.717) is 28.7 Å². The molecule has 0 bridgehead atoms. The summed E-state index contributed by atoms with van der Waals surface area (Å²) in [5.41, 5.74) is 2.13. The second-order valence-electron chi connectivity index (χ2n) is 4.47. The van der Waals surface area contributed by atoms with Crippen molar-refractivity contribution in [3.8, 4) is 34.5 Å². The summed E-state index contributed by atoms with van der Waals surface area (Å²) in [4.78, 5) is 8.64. The standard InChI is InChI=1S/C15H13N3O3/c1-9-4-3-5-11(16-9)14-17-15(21-18-14)10-6-7-13(20-2)12(19)8-10/h3-8,19H,1-2H3. The van der Waals surface area contributed by atoms with E-state index in [2.05, 4.69) is 15.1 Å². The quantitative estimate of drug-likeness (QED) is 0.796. The molecule has 1 aromatic carbocycles. The average Bonchev–Trinajstić information content (AvgIpc) is 2.97. The lowest BCUT2D eigenvalue weighted by atomic mass is 10.2. The number of aryl methyl sites for hydroxylation is 1. The maximum atomic E-state index is 9.79. The topological polar surface area (TPSA) is 81.3 Å². The fraction of sp³-hybridized carbons (Fsp3) is 0.133. The monoisotopic (exact) mass is 283 g/mol. The minimum absolute atomic E-state index is 0.0171. The molecule has 1 N–H and O–H groups in total. The van der Waals surface area contributed by atoms with Gasteiger partial charge >= 0.3 is 0 Å². The van der Waals surface area contributed by atoms with Crippen LogP contribution >= 0.6 is 0 Å². The lowest BCUT2D eigenvalue weighted by Crippen LogP contribution is -1.88. The number of hydrogen-bond donors (Lipinski definition) is 1. The molecule has 2 aromatic heterocycles. The van der Waals surface area contributed by atoms with Crippen molar-refractivity contribution in [3.05, 3.63) is 42.1 Å². The highest BCUT2D eigenvalue weighted by atomic mass is 16.5. The molecule has 0 atom stereocenters. The molecule has 2 heterocycles. The molecule has 6 heteroatoms. The number of rotatable bonds is 3. The highest BCUT2D eigenvalue weighted by molar-refractivity contribution is 5.61. The van der Waals surface area contributed by atoms with Gasteiger partial charge in [-0.1, -0.05) is 11.2 Å². The average molecular weight is 283 g/mol. The summed E-state index contributed by atoms with van der Waals surface area (Å²) in [5, 5.41) is 13.7. The number of phenolic OH excluding ortho intramolecular Hbond substituents is 1. The Labute approximate surface area is 121 Å². The van der Waals surface area contributed by atoms with Gasteiger partial charge in [0.1, 0.15) is 5.69 Å². The van der Waals surface area contributed by atoms with Gasteiger partial charge in [-0.05, 0) is 37.3 Å². The van der Waals surface area contributed by atoms with E-state index < -0.39 is 0 Å². The van der Waals surface area contributed by atoms with Crippen LogP contribution < -0.4 is 4.74 Å². The summed E-state index contributed by atoms with van der Waals surface area (Å²) >= 11 is 0. The smallest absolute Gasteiger partial charge is 0.258 e. The normalized spacial score (nSPS) is 10.6. The third-order valence-electron chi connectivity index (χ3n) is 2.97. The number of benzene rings is 1. The Morgan fingerprint density at radius 1 is 1.14 bits per heavy atom. The zero-order valence-corrected chi connectivity index (χ0v) is 11.6. The van der Waals surface area contributed by atoms with Crippen LogP contribution in [0.25, 0.3) is 23.0 Å². The van der Waals surface area contributed by atoms with Crippen LogP contribution in [-0.2, 0) is 0 Å². The Morgan fingerprint density at radius 2 is 2.00 bits per heavy atom. The molecule has 0 aliphatic carbocycles. The number of phenols is 1. The van der Waals surface area contributed by atoms with Gasteiger partial charge in [-0.2, -0.15) is 4.98 Å². The number of hydrogen-bond acceptors (Lipinski definition) is 6. The van der Waals surface area contributed by atoms with Gasteiger partial charge in [-0.15, -0.1) is 0 Å². The van der Waals surface area contributed by atoms with Gasteiger partial charge in [0.25, 0.3) is 5.89 Å². The van der Waals surface area contributed by atoms with Gasteiger partial charge in [0.2, 0.25) is 5.82 Å². The van der Waals surface area contributed by atoms with Crippen molar-refractivity contribution in [2.24, 2.45) is 0 Å². The molecule has 6 nitrogen and oxygen atoms in total.